The van der Waals surface area contributed by atoms with E-state index in [9.17, 15) is 5.11 Å². The van der Waals surface area contributed by atoms with Crippen molar-refractivity contribution in [2.24, 2.45) is 5.73 Å². The van der Waals surface area contributed by atoms with Crippen LogP contribution < -0.4 is 5.73 Å². The van der Waals surface area contributed by atoms with Crippen LogP contribution in [0, 0.1) is 6.92 Å². The topological polar surface area (TPSA) is 46.2 Å². The molecule has 1 aromatic carbocycles. The number of hydrogen-bond donors (Lipinski definition) is 2. The van der Waals surface area contributed by atoms with Gasteiger partial charge in [-0.05, 0) is 55.4 Å². The fraction of sp³-hybridized carbons (Fsp3) is 0.429. The van der Waals surface area contributed by atoms with Gasteiger partial charge in [-0.15, -0.1) is 0 Å². The number of fused-ring (bicyclic) bond motifs is 1. The van der Waals surface area contributed by atoms with Gasteiger partial charge in [-0.1, -0.05) is 12.2 Å². The second-order valence-electron chi connectivity index (χ2n) is 4.42. The van der Waals surface area contributed by atoms with Crippen LogP contribution in [-0.2, 0) is 12.8 Å². The van der Waals surface area contributed by atoms with Crippen molar-refractivity contribution in [2.45, 2.75) is 32.6 Å². The van der Waals surface area contributed by atoms with E-state index in [1.807, 2.05) is 18.2 Å². The molecule has 1 aromatic rings. The number of aromatic hydroxyl groups is 1. The van der Waals surface area contributed by atoms with Gasteiger partial charge in [-0.25, -0.2) is 0 Å². The van der Waals surface area contributed by atoms with E-state index in [0.29, 0.717) is 12.3 Å². The molecule has 0 aromatic heterocycles. The quantitative estimate of drug-likeness (QED) is 0.799. The van der Waals surface area contributed by atoms with E-state index in [2.05, 4.69) is 6.92 Å². The second kappa shape index (κ2) is 4.71. The number of phenols is 1. The number of rotatable bonds is 2. The summed E-state index contributed by atoms with van der Waals surface area (Å²) in [6.07, 6.45) is 8.56. The molecule has 0 unspecified atom stereocenters. The van der Waals surface area contributed by atoms with Gasteiger partial charge in [-0.2, -0.15) is 0 Å². The Balaban J connectivity index is 2.49. The van der Waals surface area contributed by atoms with Gasteiger partial charge in [0.2, 0.25) is 0 Å². The smallest absolute Gasteiger partial charge is 0.123 e. The van der Waals surface area contributed by atoms with Crippen molar-refractivity contribution in [3.8, 4) is 5.75 Å². The molecule has 0 amide bonds. The lowest BCUT2D eigenvalue weighted by molar-refractivity contribution is 0.471. The van der Waals surface area contributed by atoms with Crippen LogP contribution in [0.3, 0.4) is 0 Å². The summed E-state index contributed by atoms with van der Waals surface area (Å²) in [7, 11) is 0. The average Bonchev–Trinajstić information content (AvgIpc) is 2.29. The molecule has 0 fully saturated rings. The molecule has 2 heteroatoms. The van der Waals surface area contributed by atoms with Crippen molar-refractivity contribution in [3.63, 3.8) is 0 Å². The van der Waals surface area contributed by atoms with Gasteiger partial charge in [0.15, 0.2) is 0 Å². The molecule has 0 saturated carbocycles. The van der Waals surface area contributed by atoms with Gasteiger partial charge in [0.1, 0.15) is 5.75 Å². The van der Waals surface area contributed by atoms with Crippen LogP contribution in [0.4, 0.5) is 0 Å². The number of hydrogen-bond acceptors (Lipinski definition) is 2. The summed E-state index contributed by atoms with van der Waals surface area (Å²) in [6, 6.07) is 1.93. The van der Waals surface area contributed by atoms with E-state index in [-0.39, 0.29) is 0 Å². The molecule has 3 N–H and O–H groups in total. The van der Waals surface area contributed by atoms with Crippen molar-refractivity contribution in [1.29, 1.82) is 0 Å². The Bertz CT molecular complexity index is 421. The first-order valence-corrected chi connectivity index (χ1v) is 5.95. The van der Waals surface area contributed by atoms with E-state index in [1.54, 1.807) is 0 Å². The fourth-order valence-electron chi connectivity index (χ4n) is 2.51. The molecule has 0 heterocycles. The molecule has 0 spiro atoms. The highest BCUT2D eigenvalue weighted by atomic mass is 16.3. The molecule has 0 atom stereocenters. The maximum Gasteiger partial charge on any atom is 0.123 e. The Morgan fingerprint density at radius 1 is 1.38 bits per heavy atom. The normalized spacial score (nSPS) is 15.4. The number of phenolic OH excluding ortho intramolecular Hbond substituents is 1. The van der Waals surface area contributed by atoms with Gasteiger partial charge in [0.25, 0.3) is 0 Å². The predicted molar refractivity (Wildman–Crippen MR) is 67.6 cm³/mol. The highest BCUT2D eigenvalue weighted by Crippen LogP contribution is 2.33. The molecule has 86 valence electrons. The van der Waals surface area contributed by atoms with E-state index in [1.165, 1.54) is 29.5 Å². The van der Waals surface area contributed by atoms with Crippen molar-refractivity contribution in [1.82, 2.24) is 0 Å². The highest BCUT2D eigenvalue weighted by molar-refractivity contribution is 5.64. The Kier molecular flexibility index (Phi) is 3.30. The third kappa shape index (κ3) is 1.98. The maximum atomic E-state index is 9.98. The molecule has 2 rings (SSSR count). The Labute approximate surface area is 96.8 Å². The van der Waals surface area contributed by atoms with Gasteiger partial charge in [-0.3, -0.25) is 0 Å². The molecule has 0 radical (unpaired) electrons. The van der Waals surface area contributed by atoms with E-state index >= 15 is 0 Å². The Morgan fingerprint density at radius 3 is 2.88 bits per heavy atom. The summed E-state index contributed by atoms with van der Waals surface area (Å²) in [5, 5.41) is 9.98. The first-order valence-electron chi connectivity index (χ1n) is 5.95. The summed E-state index contributed by atoms with van der Waals surface area (Å²) in [6.45, 7) is 2.61. The molecule has 1 aliphatic rings. The predicted octanol–water partition coefficient (Wildman–Crippen LogP) is 2.55. The van der Waals surface area contributed by atoms with Crippen molar-refractivity contribution < 1.29 is 5.11 Å². The zero-order valence-corrected chi connectivity index (χ0v) is 9.79. The molecule has 16 heavy (non-hydrogen) atoms. The summed E-state index contributed by atoms with van der Waals surface area (Å²) in [5.41, 5.74) is 10.4. The molecular formula is C14H19NO. The third-order valence-electron chi connectivity index (χ3n) is 3.37. The van der Waals surface area contributed by atoms with Gasteiger partial charge < -0.3 is 10.8 Å². The standard InChI is InChI=1S/C14H19NO/c1-10-12-6-3-2-5-11(12)9-14(16)13(10)7-4-8-15/h4,7,9,16H,2-3,5-6,8,15H2,1H3/b7-4+. The molecular weight excluding hydrogens is 198 g/mol. The second-order valence-corrected chi connectivity index (χ2v) is 4.42. The SMILES string of the molecule is Cc1c(/C=C/CN)c(O)cc2c1CCCC2. The molecule has 0 bridgehead atoms. The van der Waals surface area contributed by atoms with Crippen LogP contribution in [0.1, 0.15) is 35.1 Å². The monoisotopic (exact) mass is 217 g/mol. The number of aryl methyl sites for hydroxylation is 1. The lowest BCUT2D eigenvalue weighted by Crippen LogP contribution is -2.06. The molecule has 1 aliphatic carbocycles. The molecule has 0 saturated heterocycles. The van der Waals surface area contributed by atoms with Gasteiger partial charge in [0, 0.05) is 12.1 Å². The zero-order valence-electron chi connectivity index (χ0n) is 9.79. The summed E-state index contributed by atoms with van der Waals surface area (Å²) in [4.78, 5) is 0. The molecule has 0 aliphatic heterocycles. The van der Waals surface area contributed by atoms with E-state index in [0.717, 1.165) is 18.4 Å². The molecule has 2 nitrogen and oxygen atoms in total. The van der Waals surface area contributed by atoms with Crippen molar-refractivity contribution in [2.75, 3.05) is 6.54 Å². The van der Waals surface area contributed by atoms with Crippen molar-refractivity contribution >= 4 is 6.08 Å². The lowest BCUT2D eigenvalue weighted by Gasteiger charge is -2.20. The zero-order chi connectivity index (χ0) is 11.5. The van der Waals surface area contributed by atoms with Crippen LogP contribution in [0.5, 0.6) is 5.75 Å². The minimum absolute atomic E-state index is 0.392. The number of benzene rings is 1. The van der Waals surface area contributed by atoms with E-state index in [4.69, 9.17) is 5.73 Å². The fourth-order valence-corrected chi connectivity index (χ4v) is 2.51. The maximum absolute atomic E-state index is 9.98. The highest BCUT2D eigenvalue weighted by Gasteiger charge is 2.15. The lowest BCUT2D eigenvalue weighted by atomic mass is 9.86. The average molecular weight is 217 g/mol. The van der Waals surface area contributed by atoms with Gasteiger partial charge >= 0.3 is 0 Å². The van der Waals surface area contributed by atoms with Crippen LogP contribution in [0.15, 0.2) is 12.1 Å². The Hall–Kier alpha value is -1.28. The summed E-state index contributed by atoms with van der Waals surface area (Å²) in [5.74, 6) is 0.392. The first kappa shape index (κ1) is 11.2. The van der Waals surface area contributed by atoms with Crippen LogP contribution in [-0.4, -0.2) is 11.7 Å². The van der Waals surface area contributed by atoms with Gasteiger partial charge in [0.05, 0.1) is 0 Å². The van der Waals surface area contributed by atoms with Crippen LogP contribution in [0.2, 0.25) is 0 Å². The Morgan fingerprint density at radius 2 is 2.12 bits per heavy atom. The van der Waals surface area contributed by atoms with Crippen LogP contribution >= 0.6 is 0 Å². The minimum atomic E-state index is 0.392. The number of nitrogens with two attached hydrogens (primary N) is 1. The van der Waals surface area contributed by atoms with E-state index < -0.39 is 0 Å². The van der Waals surface area contributed by atoms with Crippen molar-refractivity contribution in [3.05, 3.63) is 34.4 Å². The summed E-state index contributed by atoms with van der Waals surface area (Å²) >= 11 is 0. The third-order valence-corrected chi connectivity index (χ3v) is 3.37. The first-order chi connectivity index (χ1) is 7.74. The summed E-state index contributed by atoms with van der Waals surface area (Å²) < 4.78 is 0. The minimum Gasteiger partial charge on any atom is -0.507 e. The van der Waals surface area contributed by atoms with Crippen LogP contribution in [0.25, 0.3) is 6.08 Å². The largest absolute Gasteiger partial charge is 0.507 e.